The minimum Gasteiger partial charge on any atom is -0.482 e. The zero-order chi connectivity index (χ0) is 22.7. The molecule has 7 heteroatoms. The molecule has 2 N–H and O–H groups in total. The standard InChI is InChI=1S/C25H25NO5S/c1-17-6-2-7-18(14-17)19-8-3-9-20(15-19)32(29,30)26-23-12-4-11-22-21(23)10-5-13-24(22)31-16-25(27)28/h2-3,5-10,13-15,23,26H,4,11-12,16H2,1H3,(H,27,28)/t23-/m1/s1. The van der Waals surface area contributed by atoms with Gasteiger partial charge in [-0.2, -0.15) is 0 Å². The van der Waals surface area contributed by atoms with Gasteiger partial charge in [0, 0.05) is 6.04 Å². The van der Waals surface area contributed by atoms with Crippen molar-refractivity contribution in [1.29, 1.82) is 0 Å². The van der Waals surface area contributed by atoms with E-state index in [9.17, 15) is 13.2 Å². The van der Waals surface area contributed by atoms with E-state index < -0.39 is 28.6 Å². The molecule has 32 heavy (non-hydrogen) atoms. The minimum atomic E-state index is -3.77. The lowest BCUT2D eigenvalue weighted by atomic mass is 9.87. The van der Waals surface area contributed by atoms with Gasteiger partial charge in [0.05, 0.1) is 4.90 Å². The molecule has 1 atom stereocenters. The van der Waals surface area contributed by atoms with Crippen LogP contribution in [0.3, 0.4) is 0 Å². The maximum Gasteiger partial charge on any atom is 0.341 e. The summed E-state index contributed by atoms with van der Waals surface area (Å²) in [6.45, 7) is 1.57. The monoisotopic (exact) mass is 451 g/mol. The van der Waals surface area contributed by atoms with E-state index in [0.29, 0.717) is 18.6 Å². The fraction of sp³-hybridized carbons (Fsp3) is 0.240. The average Bonchev–Trinajstić information content (AvgIpc) is 2.78. The molecule has 1 aliphatic rings. The predicted molar refractivity (Wildman–Crippen MR) is 122 cm³/mol. The molecule has 3 aromatic rings. The van der Waals surface area contributed by atoms with E-state index in [1.807, 2.05) is 43.3 Å². The number of rotatable bonds is 7. The molecule has 0 amide bonds. The summed E-state index contributed by atoms with van der Waals surface area (Å²) in [5.41, 5.74) is 4.60. The van der Waals surface area contributed by atoms with Gasteiger partial charge in [-0.3, -0.25) is 0 Å². The molecule has 0 unspecified atom stereocenters. The van der Waals surface area contributed by atoms with Crippen molar-refractivity contribution in [1.82, 2.24) is 4.72 Å². The van der Waals surface area contributed by atoms with E-state index in [1.165, 1.54) is 0 Å². The first-order valence-corrected chi connectivity index (χ1v) is 12.0. The summed E-state index contributed by atoms with van der Waals surface area (Å²) >= 11 is 0. The number of aliphatic carboxylic acids is 1. The van der Waals surface area contributed by atoms with Crippen LogP contribution in [0.1, 0.15) is 35.6 Å². The molecule has 0 aromatic heterocycles. The molecule has 1 aliphatic carbocycles. The largest absolute Gasteiger partial charge is 0.482 e. The number of carboxylic acid groups (broad SMARTS) is 1. The van der Waals surface area contributed by atoms with Gasteiger partial charge in [0.15, 0.2) is 6.61 Å². The molecular formula is C25H25NO5S. The lowest BCUT2D eigenvalue weighted by Crippen LogP contribution is -2.31. The number of carbonyl (C=O) groups is 1. The van der Waals surface area contributed by atoms with Crippen LogP contribution in [-0.2, 0) is 21.2 Å². The number of hydrogen-bond donors (Lipinski definition) is 2. The van der Waals surface area contributed by atoms with Gasteiger partial charge >= 0.3 is 5.97 Å². The molecule has 0 spiro atoms. The Kier molecular flexibility index (Phi) is 6.30. The molecule has 166 valence electrons. The summed E-state index contributed by atoms with van der Waals surface area (Å²) in [6, 6.07) is 19.8. The number of sulfonamides is 1. The lowest BCUT2D eigenvalue weighted by Gasteiger charge is -2.27. The second-order valence-corrected chi connectivity index (χ2v) is 9.68. The highest BCUT2D eigenvalue weighted by molar-refractivity contribution is 7.89. The maximum atomic E-state index is 13.2. The number of aryl methyl sites for hydroxylation is 1. The van der Waals surface area contributed by atoms with Crippen LogP contribution in [-0.4, -0.2) is 26.1 Å². The fourth-order valence-electron chi connectivity index (χ4n) is 4.13. The summed E-state index contributed by atoms with van der Waals surface area (Å²) in [7, 11) is -3.77. The third-order valence-corrected chi connectivity index (χ3v) is 7.08. The van der Waals surface area contributed by atoms with Crippen LogP contribution in [0.25, 0.3) is 11.1 Å². The van der Waals surface area contributed by atoms with Crippen LogP contribution in [0.2, 0.25) is 0 Å². The molecule has 0 radical (unpaired) electrons. The Labute approximate surface area is 187 Å². The summed E-state index contributed by atoms with van der Waals surface area (Å²) < 4.78 is 34.8. The molecule has 0 heterocycles. The van der Waals surface area contributed by atoms with Gasteiger partial charge < -0.3 is 9.84 Å². The number of hydrogen-bond acceptors (Lipinski definition) is 4. The Morgan fingerprint density at radius 1 is 1.06 bits per heavy atom. The molecule has 6 nitrogen and oxygen atoms in total. The van der Waals surface area contributed by atoms with Crippen LogP contribution in [0.5, 0.6) is 5.75 Å². The Hall–Kier alpha value is -3.16. The normalized spacial score (nSPS) is 15.7. The van der Waals surface area contributed by atoms with Crippen molar-refractivity contribution in [3.63, 3.8) is 0 Å². The first kappa shape index (κ1) is 22.0. The van der Waals surface area contributed by atoms with Crippen molar-refractivity contribution in [3.05, 3.63) is 83.4 Å². The summed E-state index contributed by atoms with van der Waals surface area (Å²) in [4.78, 5) is 11.1. The number of nitrogens with one attached hydrogen (secondary N) is 1. The van der Waals surface area contributed by atoms with Gasteiger partial charge in [-0.15, -0.1) is 0 Å². The van der Waals surface area contributed by atoms with Crippen LogP contribution in [0.4, 0.5) is 0 Å². The predicted octanol–water partition coefficient (Wildman–Crippen LogP) is 4.48. The molecule has 4 rings (SSSR count). The van der Waals surface area contributed by atoms with E-state index in [0.717, 1.165) is 34.2 Å². The van der Waals surface area contributed by atoms with Crippen molar-refractivity contribution in [2.45, 2.75) is 37.1 Å². The van der Waals surface area contributed by atoms with E-state index >= 15 is 0 Å². The van der Waals surface area contributed by atoms with Crippen LogP contribution < -0.4 is 9.46 Å². The minimum absolute atomic E-state index is 0.210. The maximum absolute atomic E-state index is 13.2. The van der Waals surface area contributed by atoms with E-state index in [-0.39, 0.29) is 4.90 Å². The lowest BCUT2D eigenvalue weighted by molar-refractivity contribution is -0.139. The van der Waals surface area contributed by atoms with Crippen molar-refractivity contribution >= 4 is 16.0 Å². The molecule has 0 aliphatic heterocycles. The molecule has 0 fully saturated rings. The van der Waals surface area contributed by atoms with Gasteiger partial charge in [0.25, 0.3) is 0 Å². The molecular weight excluding hydrogens is 426 g/mol. The SMILES string of the molecule is Cc1cccc(-c2cccc(S(=O)(=O)N[C@@H]3CCCc4c(OCC(=O)O)cccc43)c2)c1. The summed E-state index contributed by atoms with van der Waals surface area (Å²) in [5.74, 6) is -0.556. The van der Waals surface area contributed by atoms with Crippen LogP contribution in [0.15, 0.2) is 71.6 Å². The molecule has 3 aromatic carbocycles. The number of benzene rings is 3. The third kappa shape index (κ3) is 4.84. The van der Waals surface area contributed by atoms with Gasteiger partial charge in [-0.1, -0.05) is 54.1 Å². The Bertz CT molecular complexity index is 1250. The highest BCUT2D eigenvalue weighted by Crippen LogP contribution is 2.36. The molecule has 0 saturated carbocycles. The zero-order valence-electron chi connectivity index (χ0n) is 17.7. The van der Waals surface area contributed by atoms with E-state index in [4.69, 9.17) is 9.84 Å². The van der Waals surface area contributed by atoms with Crippen molar-refractivity contribution in [2.24, 2.45) is 0 Å². The first-order valence-electron chi connectivity index (χ1n) is 10.5. The summed E-state index contributed by atoms with van der Waals surface area (Å²) in [6.07, 6.45) is 2.15. The smallest absolute Gasteiger partial charge is 0.341 e. The molecule has 0 saturated heterocycles. The highest BCUT2D eigenvalue weighted by atomic mass is 32.2. The van der Waals surface area contributed by atoms with Crippen LogP contribution in [0, 0.1) is 6.92 Å². The number of fused-ring (bicyclic) bond motifs is 1. The van der Waals surface area contributed by atoms with Gasteiger partial charge in [-0.05, 0) is 66.6 Å². The third-order valence-electron chi connectivity index (χ3n) is 5.61. The Morgan fingerprint density at radius 2 is 1.78 bits per heavy atom. The second-order valence-electron chi connectivity index (χ2n) is 7.97. The van der Waals surface area contributed by atoms with Gasteiger partial charge in [-0.25, -0.2) is 17.9 Å². The Morgan fingerprint density at radius 3 is 2.53 bits per heavy atom. The van der Waals surface area contributed by atoms with E-state index in [2.05, 4.69) is 4.72 Å². The number of carboxylic acids is 1. The van der Waals surface area contributed by atoms with E-state index in [1.54, 1.807) is 30.3 Å². The summed E-state index contributed by atoms with van der Waals surface area (Å²) in [5, 5.41) is 8.91. The molecule has 0 bridgehead atoms. The van der Waals surface area contributed by atoms with Crippen molar-refractivity contribution < 1.29 is 23.1 Å². The van der Waals surface area contributed by atoms with Crippen LogP contribution >= 0.6 is 0 Å². The topological polar surface area (TPSA) is 92.7 Å². The number of ether oxygens (including phenoxy) is 1. The van der Waals surface area contributed by atoms with Gasteiger partial charge in [0.1, 0.15) is 5.75 Å². The quantitative estimate of drug-likeness (QED) is 0.552. The zero-order valence-corrected chi connectivity index (χ0v) is 18.6. The van der Waals surface area contributed by atoms with Crippen molar-refractivity contribution in [2.75, 3.05) is 6.61 Å². The Balaban J connectivity index is 1.61. The highest BCUT2D eigenvalue weighted by Gasteiger charge is 2.27. The van der Waals surface area contributed by atoms with Crippen molar-refractivity contribution in [3.8, 4) is 16.9 Å². The van der Waals surface area contributed by atoms with Gasteiger partial charge in [0.2, 0.25) is 10.0 Å². The average molecular weight is 452 g/mol. The fourth-order valence-corrected chi connectivity index (χ4v) is 5.43. The second kappa shape index (κ2) is 9.14. The first-order chi connectivity index (χ1) is 15.3.